The minimum atomic E-state index is -0.588. The van der Waals surface area contributed by atoms with Crippen molar-refractivity contribution in [2.24, 2.45) is 5.92 Å². The fraction of sp³-hybridized carbons (Fsp3) is 0.412. The number of nitrogens with one attached hydrogen (secondary N) is 2. The van der Waals surface area contributed by atoms with Gasteiger partial charge in [-0.2, -0.15) is 0 Å². The number of ether oxygens (including phenoxy) is 3. The summed E-state index contributed by atoms with van der Waals surface area (Å²) in [6.45, 7) is 4.28. The summed E-state index contributed by atoms with van der Waals surface area (Å²) in [7, 11) is 1.68. The fourth-order valence-corrected chi connectivity index (χ4v) is 6.21. The second-order valence-corrected chi connectivity index (χ2v) is 11.8. The van der Waals surface area contributed by atoms with Crippen LogP contribution in [0.3, 0.4) is 0 Å². The summed E-state index contributed by atoms with van der Waals surface area (Å²) < 4.78 is 18.7. The quantitative estimate of drug-likeness (QED) is 0.144. The molecule has 4 rings (SSSR count). The van der Waals surface area contributed by atoms with Crippen molar-refractivity contribution in [3.8, 4) is 5.75 Å². The number of para-hydroxylation sites is 1. The highest BCUT2D eigenvalue weighted by molar-refractivity contribution is 7.99. The number of amides is 2. The molecule has 0 bridgehead atoms. The van der Waals surface area contributed by atoms with Crippen molar-refractivity contribution >= 4 is 29.3 Å². The Labute approximate surface area is 258 Å². The third kappa shape index (κ3) is 9.56. The molecule has 3 aromatic rings. The molecule has 230 valence electrons. The predicted octanol–water partition coefficient (Wildman–Crippen LogP) is 6.41. The molecule has 1 heterocycles. The van der Waals surface area contributed by atoms with Crippen LogP contribution in [-0.4, -0.2) is 42.4 Å². The molecular weight excluding hydrogens is 564 g/mol. The molecule has 3 aromatic carbocycles. The van der Waals surface area contributed by atoms with Crippen molar-refractivity contribution in [3.63, 3.8) is 0 Å². The fourth-order valence-electron chi connectivity index (χ4n) is 5.02. The number of rotatable bonds is 14. The summed E-state index contributed by atoms with van der Waals surface area (Å²) in [6.07, 6.45) is 2.02. The van der Waals surface area contributed by atoms with Crippen molar-refractivity contribution in [1.82, 2.24) is 5.32 Å². The lowest BCUT2D eigenvalue weighted by atomic mass is 9.91. The molecule has 0 unspecified atom stereocenters. The number of hydrogen-bond donors (Lipinski definition) is 3. The van der Waals surface area contributed by atoms with Crippen LogP contribution in [0, 0.1) is 5.92 Å². The van der Waals surface area contributed by atoms with Crippen LogP contribution < -0.4 is 15.4 Å². The lowest BCUT2D eigenvalue weighted by Gasteiger charge is -2.41. The van der Waals surface area contributed by atoms with Gasteiger partial charge in [0.1, 0.15) is 5.75 Å². The van der Waals surface area contributed by atoms with Crippen LogP contribution in [0.5, 0.6) is 5.75 Å². The largest absolute Gasteiger partial charge is 0.496 e. The first kappa shape index (κ1) is 32.5. The Morgan fingerprint density at radius 1 is 0.930 bits per heavy atom. The molecule has 0 aliphatic carbocycles. The van der Waals surface area contributed by atoms with Gasteiger partial charge < -0.3 is 30.0 Å². The van der Waals surface area contributed by atoms with E-state index in [9.17, 15) is 14.7 Å². The average molecular weight is 607 g/mol. The van der Waals surface area contributed by atoms with E-state index in [-0.39, 0.29) is 36.5 Å². The first-order valence-corrected chi connectivity index (χ1v) is 15.8. The number of aliphatic hydroxyl groups is 1. The molecule has 1 saturated heterocycles. The van der Waals surface area contributed by atoms with Gasteiger partial charge in [0.2, 0.25) is 11.8 Å². The van der Waals surface area contributed by atoms with Crippen LogP contribution in [0.15, 0.2) is 77.7 Å². The Balaban J connectivity index is 1.41. The van der Waals surface area contributed by atoms with E-state index >= 15 is 0 Å². The van der Waals surface area contributed by atoms with E-state index in [1.807, 2.05) is 66.7 Å². The van der Waals surface area contributed by atoms with Crippen LogP contribution in [-0.2, 0) is 25.7 Å². The second kappa shape index (κ2) is 16.5. The molecule has 1 aliphatic rings. The van der Waals surface area contributed by atoms with E-state index in [0.29, 0.717) is 18.7 Å². The van der Waals surface area contributed by atoms with Crippen molar-refractivity contribution in [1.29, 1.82) is 0 Å². The van der Waals surface area contributed by atoms with Crippen LogP contribution in [0.25, 0.3) is 0 Å². The zero-order chi connectivity index (χ0) is 30.6. The topological polar surface area (TPSA) is 106 Å². The number of methoxy groups -OCH3 is 1. The van der Waals surface area contributed by atoms with Gasteiger partial charge in [-0.3, -0.25) is 9.59 Å². The number of carbonyl (C=O) groups excluding carboxylic acids is 2. The van der Waals surface area contributed by atoms with Gasteiger partial charge in [0.25, 0.3) is 0 Å². The minimum absolute atomic E-state index is 0.00719. The van der Waals surface area contributed by atoms with Gasteiger partial charge in [-0.1, -0.05) is 61.9 Å². The molecular formula is C34H42N2O6S. The molecule has 2 amide bonds. The number of aliphatic hydroxyl groups excluding tert-OH is 1. The lowest BCUT2D eigenvalue weighted by Crippen LogP contribution is -2.38. The molecule has 0 spiro atoms. The van der Waals surface area contributed by atoms with E-state index in [1.165, 1.54) is 6.92 Å². The first-order chi connectivity index (χ1) is 20.9. The van der Waals surface area contributed by atoms with Crippen LogP contribution in [0.2, 0.25) is 0 Å². The zero-order valence-electron chi connectivity index (χ0n) is 25.1. The Morgan fingerprint density at radius 2 is 1.65 bits per heavy atom. The third-order valence-electron chi connectivity index (χ3n) is 7.52. The standard InChI is InChI=1S/C34H42N2O6S/c1-23-30(22-43-31-10-7-6-9-29(31)40-3)41-34(42-33(23)26-14-12-25(21-37)13-15-26)27-16-18-28(19-17-27)36-32(39)11-5-4-8-20-35-24(2)38/h6-7,9-10,12-19,23,30,33-34,37H,4-5,8,11,20-22H2,1-3H3,(H,35,38)(H,36,39)/t23-,30+,33+,34+/m1/s1. The number of carbonyl (C=O) groups is 2. The smallest absolute Gasteiger partial charge is 0.224 e. The monoisotopic (exact) mass is 606 g/mol. The number of benzene rings is 3. The Morgan fingerprint density at radius 3 is 2.35 bits per heavy atom. The maximum absolute atomic E-state index is 12.4. The van der Waals surface area contributed by atoms with Crippen molar-refractivity contribution in [3.05, 3.63) is 89.5 Å². The Bertz CT molecular complexity index is 1320. The predicted molar refractivity (Wildman–Crippen MR) is 169 cm³/mol. The summed E-state index contributed by atoms with van der Waals surface area (Å²) in [5.41, 5.74) is 3.47. The number of unbranched alkanes of at least 4 members (excludes halogenated alkanes) is 2. The molecule has 0 radical (unpaired) electrons. The highest BCUT2D eigenvalue weighted by atomic mass is 32.2. The summed E-state index contributed by atoms with van der Waals surface area (Å²) in [4.78, 5) is 24.4. The van der Waals surface area contributed by atoms with Gasteiger partial charge in [-0.15, -0.1) is 11.8 Å². The van der Waals surface area contributed by atoms with Gasteiger partial charge >= 0.3 is 0 Å². The molecule has 3 N–H and O–H groups in total. The van der Waals surface area contributed by atoms with Gasteiger partial charge in [0.05, 0.1) is 25.9 Å². The molecule has 1 aliphatic heterocycles. The summed E-state index contributed by atoms with van der Waals surface area (Å²) in [5.74, 6) is 1.55. The van der Waals surface area contributed by atoms with Crippen molar-refractivity contribution < 1.29 is 28.9 Å². The van der Waals surface area contributed by atoms with Gasteiger partial charge in [-0.25, -0.2) is 0 Å². The van der Waals surface area contributed by atoms with Gasteiger partial charge in [-0.05, 0) is 48.2 Å². The van der Waals surface area contributed by atoms with Gasteiger partial charge in [0.15, 0.2) is 6.29 Å². The Hall–Kier alpha value is -3.37. The molecule has 0 aromatic heterocycles. The molecule has 0 saturated carbocycles. The SMILES string of the molecule is COc1ccccc1SC[C@@H]1O[C@H](c2ccc(NC(=O)CCCCCNC(C)=O)cc2)O[C@H](c2ccc(CO)cc2)[C@@H]1C. The molecule has 4 atom stereocenters. The average Bonchev–Trinajstić information content (AvgIpc) is 3.02. The van der Waals surface area contributed by atoms with Crippen molar-refractivity contribution in [2.75, 3.05) is 24.7 Å². The molecule has 1 fully saturated rings. The summed E-state index contributed by atoms with van der Waals surface area (Å²) in [6, 6.07) is 23.5. The minimum Gasteiger partial charge on any atom is -0.496 e. The first-order valence-electron chi connectivity index (χ1n) is 14.8. The Kier molecular flexibility index (Phi) is 12.5. The number of anilines is 1. The lowest BCUT2D eigenvalue weighted by molar-refractivity contribution is -0.268. The normalized spacial score (nSPS) is 19.9. The summed E-state index contributed by atoms with van der Waals surface area (Å²) in [5, 5.41) is 15.2. The second-order valence-electron chi connectivity index (χ2n) is 10.7. The third-order valence-corrected chi connectivity index (χ3v) is 8.66. The van der Waals surface area contributed by atoms with E-state index in [4.69, 9.17) is 14.2 Å². The van der Waals surface area contributed by atoms with E-state index in [2.05, 4.69) is 23.6 Å². The summed E-state index contributed by atoms with van der Waals surface area (Å²) >= 11 is 1.70. The molecule has 43 heavy (non-hydrogen) atoms. The van der Waals surface area contributed by atoms with Crippen LogP contribution in [0.4, 0.5) is 5.69 Å². The maximum atomic E-state index is 12.4. The van der Waals surface area contributed by atoms with Crippen LogP contribution in [0.1, 0.15) is 68.6 Å². The van der Waals surface area contributed by atoms with E-state index in [1.54, 1.807) is 18.9 Å². The number of hydrogen-bond acceptors (Lipinski definition) is 7. The van der Waals surface area contributed by atoms with Crippen LogP contribution >= 0.6 is 11.8 Å². The number of thioether (sulfide) groups is 1. The maximum Gasteiger partial charge on any atom is 0.224 e. The highest BCUT2D eigenvalue weighted by Gasteiger charge is 2.38. The van der Waals surface area contributed by atoms with E-state index in [0.717, 1.165) is 52.3 Å². The molecule has 9 heteroatoms. The molecule has 8 nitrogen and oxygen atoms in total. The highest BCUT2D eigenvalue weighted by Crippen LogP contribution is 2.43. The van der Waals surface area contributed by atoms with Crippen molar-refractivity contribution in [2.45, 2.75) is 69.5 Å². The van der Waals surface area contributed by atoms with E-state index < -0.39 is 6.29 Å². The zero-order valence-corrected chi connectivity index (χ0v) is 25.9. The van der Waals surface area contributed by atoms with Gasteiger partial charge in [0, 0.05) is 47.7 Å².